The summed E-state index contributed by atoms with van der Waals surface area (Å²) in [6, 6.07) is 11.4. The van der Waals surface area contributed by atoms with Crippen LogP contribution in [0, 0.1) is 0 Å². The zero-order valence-electron chi connectivity index (χ0n) is 12.8. The summed E-state index contributed by atoms with van der Waals surface area (Å²) in [6.07, 6.45) is 3.99. The van der Waals surface area contributed by atoms with Gasteiger partial charge in [-0.25, -0.2) is 9.97 Å². The van der Waals surface area contributed by atoms with Crippen LogP contribution in [0.25, 0.3) is 0 Å². The van der Waals surface area contributed by atoms with Crippen LogP contribution in [0.5, 0.6) is 0 Å². The molecule has 0 atom stereocenters. The Hall–Kier alpha value is -2.43. The van der Waals surface area contributed by atoms with E-state index in [4.69, 9.17) is 0 Å². The number of carbonyl (C=O) groups is 1. The first-order valence-corrected chi connectivity index (χ1v) is 7.74. The average Bonchev–Trinajstić information content (AvgIpc) is 3.11. The molecule has 2 aromatic rings. The maximum Gasteiger partial charge on any atom is 0.277 e. The Kier molecular flexibility index (Phi) is 4.32. The molecule has 1 amide bonds. The molecule has 1 aliphatic rings. The third kappa shape index (κ3) is 2.93. The second-order valence-electron chi connectivity index (χ2n) is 5.32. The van der Waals surface area contributed by atoms with Crippen molar-refractivity contribution in [3.8, 4) is 0 Å². The number of anilines is 2. The second-order valence-corrected chi connectivity index (χ2v) is 5.32. The molecular formula is C17H20N4O. The van der Waals surface area contributed by atoms with E-state index in [0.717, 1.165) is 31.6 Å². The van der Waals surface area contributed by atoms with Crippen LogP contribution >= 0.6 is 0 Å². The van der Waals surface area contributed by atoms with Crippen molar-refractivity contribution in [2.45, 2.75) is 19.8 Å². The molecule has 1 fully saturated rings. The number of para-hydroxylation sites is 1. The van der Waals surface area contributed by atoms with Gasteiger partial charge in [0.05, 0.1) is 0 Å². The third-order valence-electron chi connectivity index (χ3n) is 3.88. The molecule has 5 nitrogen and oxygen atoms in total. The van der Waals surface area contributed by atoms with E-state index in [1.54, 1.807) is 17.2 Å². The second kappa shape index (κ2) is 6.56. The van der Waals surface area contributed by atoms with E-state index < -0.39 is 0 Å². The minimum atomic E-state index is -0.0865. The Morgan fingerprint density at radius 1 is 1.18 bits per heavy atom. The lowest BCUT2D eigenvalue weighted by molar-refractivity contribution is 0.0983. The number of benzene rings is 1. The number of nitrogens with zero attached hydrogens (tertiary/aromatic N) is 4. The Morgan fingerprint density at radius 2 is 1.91 bits per heavy atom. The van der Waals surface area contributed by atoms with Crippen LogP contribution < -0.4 is 9.80 Å². The Bertz CT molecular complexity index is 638. The van der Waals surface area contributed by atoms with Crippen LogP contribution in [0.15, 0.2) is 42.6 Å². The SMILES string of the molecule is CCN(C(=O)c1ccnc(N2CCCC2)n1)c1ccccc1. The molecule has 0 bridgehead atoms. The van der Waals surface area contributed by atoms with Gasteiger partial charge in [-0.05, 0) is 38.0 Å². The predicted molar refractivity (Wildman–Crippen MR) is 87.3 cm³/mol. The average molecular weight is 296 g/mol. The number of rotatable bonds is 4. The van der Waals surface area contributed by atoms with Crippen molar-refractivity contribution >= 4 is 17.5 Å². The molecule has 0 N–H and O–H groups in total. The minimum Gasteiger partial charge on any atom is -0.341 e. The largest absolute Gasteiger partial charge is 0.341 e. The summed E-state index contributed by atoms with van der Waals surface area (Å²) in [5.74, 6) is 0.573. The van der Waals surface area contributed by atoms with E-state index in [1.807, 2.05) is 37.3 Å². The van der Waals surface area contributed by atoms with Crippen LogP contribution in [-0.2, 0) is 0 Å². The topological polar surface area (TPSA) is 49.3 Å². The predicted octanol–water partition coefficient (Wildman–Crippen LogP) is 2.74. The van der Waals surface area contributed by atoms with Gasteiger partial charge in [-0.3, -0.25) is 4.79 Å². The quantitative estimate of drug-likeness (QED) is 0.870. The van der Waals surface area contributed by atoms with Crippen molar-refractivity contribution < 1.29 is 4.79 Å². The van der Waals surface area contributed by atoms with Gasteiger partial charge in [0.25, 0.3) is 5.91 Å². The summed E-state index contributed by atoms with van der Waals surface area (Å²) in [5.41, 5.74) is 1.33. The molecule has 1 aliphatic heterocycles. The lowest BCUT2D eigenvalue weighted by atomic mass is 10.2. The molecule has 3 rings (SSSR count). The standard InChI is InChI=1S/C17H20N4O/c1-2-21(14-8-4-3-5-9-14)16(22)15-10-11-18-17(19-15)20-12-6-7-13-20/h3-5,8-11H,2,6-7,12-13H2,1H3. The van der Waals surface area contributed by atoms with Gasteiger partial charge in [0.1, 0.15) is 5.69 Å². The first-order chi connectivity index (χ1) is 10.8. The fraction of sp³-hybridized carbons (Fsp3) is 0.353. The molecule has 2 heterocycles. The monoisotopic (exact) mass is 296 g/mol. The highest BCUT2D eigenvalue weighted by Gasteiger charge is 2.20. The van der Waals surface area contributed by atoms with Gasteiger partial charge < -0.3 is 9.80 Å². The van der Waals surface area contributed by atoms with Crippen molar-refractivity contribution in [1.82, 2.24) is 9.97 Å². The number of carbonyl (C=O) groups excluding carboxylic acids is 1. The lowest BCUT2D eigenvalue weighted by Gasteiger charge is -2.21. The van der Waals surface area contributed by atoms with Gasteiger partial charge in [0, 0.05) is 31.5 Å². The fourth-order valence-corrected chi connectivity index (χ4v) is 2.73. The molecule has 0 unspecified atom stereocenters. The molecule has 114 valence electrons. The van der Waals surface area contributed by atoms with Gasteiger partial charge in [-0.1, -0.05) is 18.2 Å². The summed E-state index contributed by atoms with van der Waals surface area (Å²) >= 11 is 0. The van der Waals surface area contributed by atoms with Gasteiger partial charge >= 0.3 is 0 Å². The van der Waals surface area contributed by atoms with Crippen LogP contribution in [0.4, 0.5) is 11.6 Å². The van der Waals surface area contributed by atoms with Gasteiger partial charge in [0.15, 0.2) is 0 Å². The van der Waals surface area contributed by atoms with Crippen molar-refractivity contribution in [3.05, 3.63) is 48.3 Å². The van der Waals surface area contributed by atoms with Crippen LogP contribution in [0.3, 0.4) is 0 Å². The number of amides is 1. The van der Waals surface area contributed by atoms with Crippen LogP contribution in [-0.4, -0.2) is 35.5 Å². The summed E-state index contributed by atoms with van der Waals surface area (Å²) < 4.78 is 0. The maximum absolute atomic E-state index is 12.8. The van der Waals surface area contributed by atoms with E-state index in [0.29, 0.717) is 18.2 Å². The summed E-state index contributed by atoms with van der Waals surface area (Å²) in [4.78, 5) is 25.4. The van der Waals surface area contributed by atoms with Gasteiger partial charge in [0.2, 0.25) is 5.95 Å². The zero-order valence-corrected chi connectivity index (χ0v) is 12.8. The Balaban J connectivity index is 1.86. The smallest absolute Gasteiger partial charge is 0.277 e. The first kappa shape index (κ1) is 14.5. The number of hydrogen-bond acceptors (Lipinski definition) is 4. The minimum absolute atomic E-state index is 0.0865. The van der Waals surface area contributed by atoms with Crippen molar-refractivity contribution in [2.75, 3.05) is 29.4 Å². The van der Waals surface area contributed by atoms with E-state index in [9.17, 15) is 4.79 Å². The van der Waals surface area contributed by atoms with Gasteiger partial charge in [-0.15, -0.1) is 0 Å². The molecule has 1 aromatic heterocycles. The highest BCUT2D eigenvalue weighted by atomic mass is 16.2. The number of hydrogen-bond donors (Lipinski definition) is 0. The van der Waals surface area contributed by atoms with Gasteiger partial charge in [-0.2, -0.15) is 0 Å². The fourth-order valence-electron chi connectivity index (χ4n) is 2.73. The van der Waals surface area contributed by atoms with Crippen LogP contribution in [0.2, 0.25) is 0 Å². The van der Waals surface area contributed by atoms with Crippen LogP contribution in [0.1, 0.15) is 30.3 Å². The van der Waals surface area contributed by atoms with E-state index in [2.05, 4.69) is 14.9 Å². The van der Waals surface area contributed by atoms with E-state index in [1.165, 1.54) is 0 Å². The first-order valence-electron chi connectivity index (χ1n) is 7.74. The van der Waals surface area contributed by atoms with Crippen molar-refractivity contribution in [1.29, 1.82) is 0 Å². The Labute approximate surface area is 130 Å². The van der Waals surface area contributed by atoms with E-state index in [-0.39, 0.29) is 5.91 Å². The Morgan fingerprint density at radius 3 is 2.59 bits per heavy atom. The maximum atomic E-state index is 12.8. The molecule has 1 aromatic carbocycles. The molecule has 22 heavy (non-hydrogen) atoms. The van der Waals surface area contributed by atoms with Crippen molar-refractivity contribution in [3.63, 3.8) is 0 Å². The molecule has 0 saturated carbocycles. The molecule has 0 radical (unpaired) electrons. The van der Waals surface area contributed by atoms with Crippen molar-refractivity contribution in [2.24, 2.45) is 0 Å². The normalized spacial score (nSPS) is 14.1. The summed E-state index contributed by atoms with van der Waals surface area (Å²) in [6.45, 7) is 4.50. The zero-order chi connectivity index (χ0) is 15.4. The molecular weight excluding hydrogens is 276 g/mol. The highest BCUT2D eigenvalue weighted by Crippen LogP contribution is 2.18. The lowest BCUT2D eigenvalue weighted by Crippen LogP contribution is -2.32. The summed E-state index contributed by atoms with van der Waals surface area (Å²) in [5, 5.41) is 0. The third-order valence-corrected chi connectivity index (χ3v) is 3.88. The summed E-state index contributed by atoms with van der Waals surface area (Å²) in [7, 11) is 0. The molecule has 5 heteroatoms. The molecule has 1 saturated heterocycles. The molecule has 0 aliphatic carbocycles. The number of aromatic nitrogens is 2. The highest BCUT2D eigenvalue weighted by molar-refractivity contribution is 6.04. The molecule has 0 spiro atoms. The van der Waals surface area contributed by atoms with E-state index >= 15 is 0 Å².